The summed E-state index contributed by atoms with van der Waals surface area (Å²) in [5, 5.41) is 11.6. The van der Waals surface area contributed by atoms with Crippen LogP contribution >= 0.6 is 11.3 Å². The van der Waals surface area contributed by atoms with E-state index in [1.54, 1.807) is 24.8 Å². The molecule has 0 spiro atoms. The lowest BCUT2D eigenvalue weighted by Gasteiger charge is -2.16. The van der Waals surface area contributed by atoms with Crippen LogP contribution in [0.2, 0.25) is 0 Å². The molecular formula is C25H29N7OS. The van der Waals surface area contributed by atoms with Gasteiger partial charge in [0.05, 0.1) is 36.6 Å². The van der Waals surface area contributed by atoms with Gasteiger partial charge in [-0.2, -0.15) is 5.10 Å². The van der Waals surface area contributed by atoms with Gasteiger partial charge in [0.1, 0.15) is 17.2 Å². The number of nitrogens with zero attached hydrogens (tertiary/aromatic N) is 6. The van der Waals surface area contributed by atoms with Crippen molar-refractivity contribution in [3.63, 3.8) is 0 Å². The Labute approximate surface area is 203 Å². The Kier molecular flexibility index (Phi) is 5.57. The van der Waals surface area contributed by atoms with E-state index >= 15 is 0 Å². The first kappa shape index (κ1) is 21.3. The number of hydrogen-bond acceptors (Lipinski definition) is 7. The maximum Gasteiger partial charge on any atom is 0.238 e. The van der Waals surface area contributed by atoms with E-state index in [2.05, 4.69) is 15.0 Å². The van der Waals surface area contributed by atoms with Crippen LogP contribution in [0.3, 0.4) is 0 Å². The maximum atomic E-state index is 5.59. The van der Waals surface area contributed by atoms with Crippen LogP contribution < -0.4 is 10.1 Å². The van der Waals surface area contributed by atoms with Crippen molar-refractivity contribution in [2.24, 2.45) is 0 Å². The molecule has 176 valence electrons. The van der Waals surface area contributed by atoms with E-state index in [0.29, 0.717) is 11.9 Å². The molecule has 8 nitrogen and oxygen atoms in total. The molecule has 1 N–H and O–H groups in total. The standard InChI is InChI=1S/C25H29N7OS/c1-16-13-31(15-26-16)22-12-11-20(27-24(22)33-2)21-14-34-25(28-21)29-23-18-9-5-6-10-19(18)30-32(23)17-7-3-4-8-17/h11-15,17H,3-10H2,1-2H3,(H,28,29). The third-order valence-corrected chi connectivity index (χ3v) is 7.63. The fourth-order valence-electron chi connectivity index (χ4n) is 5.14. The molecule has 0 atom stereocenters. The van der Waals surface area contributed by atoms with Crippen LogP contribution in [0.15, 0.2) is 30.0 Å². The minimum atomic E-state index is 0.498. The van der Waals surface area contributed by atoms with Gasteiger partial charge in [0, 0.05) is 17.1 Å². The maximum absolute atomic E-state index is 5.59. The first-order valence-electron chi connectivity index (χ1n) is 12.1. The molecule has 0 unspecified atom stereocenters. The number of imidazole rings is 1. The molecule has 0 aliphatic heterocycles. The Balaban J connectivity index is 1.30. The van der Waals surface area contributed by atoms with Crippen molar-refractivity contribution in [1.29, 1.82) is 0 Å². The Morgan fingerprint density at radius 3 is 2.71 bits per heavy atom. The van der Waals surface area contributed by atoms with E-state index in [4.69, 9.17) is 19.8 Å². The summed E-state index contributed by atoms with van der Waals surface area (Å²) < 4.78 is 9.78. The van der Waals surface area contributed by atoms with Gasteiger partial charge in [-0.05, 0) is 57.6 Å². The Hall–Kier alpha value is -3.20. The lowest BCUT2D eigenvalue weighted by atomic mass is 9.97. The number of hydrogen-bond donors (Lipinski definition) is 1. The molecule has 9 heteroatoms. The van der Waals surface area contributed by atoms with Crippen LogP contribution in [-0.2, 0) is 12.8 Å². The van der Waals surface area contributed by atoms with Crippen molar-refractivity contribution in [3.8, 4) is 23.0 Å². The summed E-state index contributed by atoms with van der Waals surface area (Å²) in [6.45, 7) is 1.96. The molecule has 0 saturated heterocycles. The van der Waals surface area contributed by atoms with Crippen molar-refractivity contribution in [3.05, 3.63) is 47.0 Å². The van der Waals surface area contributed by atoms with Crippen molar-refractivity contribution < 1.29 is 4.74 Å². The van der Waals surface area contributed by atoms with Gasteiger partial charge in [0.15, 0.2) is 5.13 Å². The van der Waals surface area contributed by atoms with Crippen LogP contribution in [0.4, 0.5) is 10.9 Å². The zero-order chi connectivity index (χ0) is 23.1. The van der Waals surface area contributed by atoms with E-state index < -0.39 is 0 Å². The van der Waals surface area contributed by atoms with Crippen LogP contribution in [0.1, 0.15) is 61.5 Å². The zero-order valence-electron chi connectivity index (χ0n) is 19.6. The molecule has 6 rings (SSSR count). The Bertz CT molecular complexity index is 1310. The zero-order valence-corrected chi connectivity index (χ0v) is 20.4. The van der Waals surface area contributed by atoms with E-state index in [0.717, 1.165) is 46.6 Å². The number of methoxy groups -OCH3 is 1. The van der Waals surface area contributed by atoms with E-state index in [-0.39, 0.29) is 0 Å². The highest BCUT2D eigenvalue weighted by Crippen LogP contribution is 2.38. The number of nitrogens with one attached hydrogen (secondary N) is 1. The van der Waals surface area contributed by atoms with Gasteiger partial charge in [0.2, 0.25) is 5.88 Å². The number of pyridine rings is 1. The summed E-state index contributed by atoms with van der Waals surface area (Å²) >= 11 is 1.60. The lowest BCUT2D eigenvalue weighted by Crippen LogP contribution is -2.10. The highest BCUT2D eigenvalue weighted by atomic mass is 32.1. The molecule has 0 bridgehead atoms. The van der Waals surface area contributed by atoms with Crippen LogP contribution in [-0.4, -0.2) is 36.4 Å². The predicted molar refractivity (Wildman–Crippen MR) is 133 cm³/mol. The molecular weight excluding hydrogens is 446 g/mol. The second-order valence-corrected chi connectivity index (χ2v) is 10.0. The Morgan fingerprint density at radius 2 is 1.91 bits per heavy atom. The number of rotatable bonds is 6. The number of aromatic nitrogens is 6. The number of aryl methyl sites for hydroxylation is 2. The molecule has 0 aromatic carbocycles. The quantitative estimate of drug-likeness (QED) is 0.388. The van der Waals surface area contributed by atoms with Gasteiger partial charge >= 0.3 is 0 Å². The van der Waals surface area contributed by atoms with Gasteiger partial charge in [-0.1, -0.05) is 12.8 Å². The summed E-state index contributed by atoms with van der Waals surface area (Å²) in [4.78, 5) is 13.9. The van der Waals surface area contributed by atoms with Gasteiger partial charge in [-0.25, -0.2) is 19.6 Å². The summed E-state index contributed by atoms with van der Waals surface area (Å²) in [7, 11) is 1.64. The number of thiazole rings is 1. The van der Waals surface area contributed by atoms with Gasteiger partial charge < -0.3 is 14.6 Å². The summed E-state index contributed by atoms with van der Waals surface area (Å²) in [6.07, 6.45) is 13.4. The highest BCUT2D eigenvalue weighted by molar-refractivity contribution is 7.14. The van der Waals surface area contributed by atoms with E-state index in [1.807, 2.05) is 35.2 Å². The summed E-state index contributed by atoms with van der Waals surface area (Å²) in [5.74, 6) is 1.70. The molecule has 4 aromatic rings. The fourth-order valence-corrected chi connectivity index (χ4v) is 5.85. The van der Waals surface area contributed by atoms with Crippen molar-refractivity contribution in [2.75, 3.05) is 12.4 Å². The molecule has 4 aromatic heterocycles. The fraction of sp³-hybridized carbons (Fsp3) is 0.440. The second-order valence-electron chi connectivity index (χ2n) is 9.17. The molecule has 2 aliphatic carbocycles. The molecule has 1 fully saturated rings. The third-order valence-electron chi connectivity index (χ3n) is 6.87. The molecule has 1 saturated carbocycles. The normalized spacial score (nSPS) is 16.1. The Morgan fingerprint density at radius 1 is 1.06 bits per heavy atom. The lowest BCUT2D eigenvalue weighted by molar-refractivity contribution is 0.396. The smallest absolute Gasteiger partial charge is 0.238 e. The monoisotopic (exact) mass is 475 g/mol. The SMILES string of the molecule is COc1nc(-c2csc(Nc3c4c(nn3C3CCCC3)CCCC4)n2)ccc1-n1cnc(C)c1. The minimum absolute atomic E-state index is 0.498. The molecule has 0 radical (unpaired) electrons. The summed E-state index contributed by atoms with van der Waals surface area (Å²) in [5.41, 5.74) is 6.07. The van der Waals surface area contributed by atoms with Gasteiger partial charge in [-0.15, -0.1) is 11.3 Å². The van der Waals surface area contributed by atoms with Crippen molar-refractivity contribution in [1.82, 2.24) is 29.3 Å². The van der Waals surface area contributed by atoms with Crippen LogP contribution in [0.5, 0.6) is 5.88 Å². The first-order valence-corrected chi connectivity index (χ1v) is 13.0. The number of anilines is 2. The highest BCUT2D eigenvalue weighted by Gasteiger charge is 2.27. The molecule has 4 heterocycles. The molecule has 34 heavy (non-hydrogen) atoms. The van der Waals surface area contributed by atoms with Gasteiger partial charge in [-0.3, -0.25) is 0 Å². The topological polar surface area (TPSA) is 82.7 Å². The number of ether oxygens (including phenoxy) is 1. The van der Waals surface area contributed by atoms with E-state index in [1.165, 1.54) is 49.8 Å². The van der Waals surface area contributed by atoms with Crippen molar-refractivity contribution in [2.45, 2.75) is 64.3 Å². The second kappa shape index (κ2) is 8.87. The van der Waals surface area contributed by atoms with E-state index in [9.17, 15) is 0 Å². The summed E-state index contributed by atoms with van der Waals surface area (Å²) in [6, 6.07) is 4.48. The number of fused-ring (bicyclic) bond motifs is 1. The van der Waals surface area contributed by atoms with Crippen molar-refractivity contribution >= 4 is 22.3 Å². The van der Waals surface area contributed by atoms with Crippen LogP contribution in [0, 0.1) is 6.92 Å². The minimum Gasteiger partial charge on any atom is -0.479 e. The largest absolute Gasteiger partial charge is 0.479 e. The average Bonchev–Trinajstić information content (AvgIpc) is 3.66. The van der Waals surface area contributed by atoms with Crippen LogP contribution in [0.25, 0.3) is 17.1 Å². The third kappa shape index (κ3) is 3.87. The first-order chi connectivity index (χ1) is 16.7. The average molecular weight is 476 g/mol. The predicted octanol–water partition coefficient (Wildman–Crippen LogP) is 5.64. The molecule has 2 aliphatic rings. The van der Waals surface area contributed by atoms with Gasteiger partial charge in [0.25, 0.3) is 0 Å². The molecule has 0 amide bonds.